The second-order valence-corrected chi connectivity index (χ2v) is 7.50. The van der Waals surface area contributed by atoms with Gasteiger partial charge in [-0.25, -0.2) is 8.78 Å². The number of methoxy groups -OCH3 is 1. The van der Waals surface area contributed by atoms with E-state index >= 15 is 0 Å². The molecule has 2 aromatic carbocycles. The molecule has 27 heavy (non-hydrogen) atoms. The first-order chi connectivity index (χ1) is 12.5. The minimum Gasteiger partial charge on any atom is -0.496 e. The van der Waals surface area contributed by atoms with Crippen molar-refractivity contribution in [1.82, 2.24) is 0 Å². The number of benzene rings is 2. The van der Waals surface area contributed by atoms with Crippen molar-refractivity contribution in [3.63, 3.8) is 0 Å². The Bertz CT molecular complexity index is 801. The highest BCUT2D eigenvalue weighted by Crippen LogP contribution is 2.43. The second kappa shape index (κ2) is 8.05. The van der Waals surface area contributed by atoms with Gasteiger partial charge in [-0.3, -0.25) is 0 Å². The summed E-state index contributed by atoms with van der Waals surface area (Å²) in [5.41, 5.74) is -0.847. The van der Waals surface area contributed by atoms with Crippen LogP contribution in [0.3, 0.4) is 0 Å². The maximum atomic E-state index is 14.1. The molecule has 2 aromatic rings. The predicted octanol–water partition coefficient (Wildman–Crippen LogP) is 6.72. The Morgan fingerprint density at radius 1 is 1.07 bits per heavy atom. The van der Waals surface area contributed by atoms with Gasteiger partial charge in [-0.2, -0.15) is 13.2 Å². The average molecular weight is 407 g/mol. The van der Waals surface area contributed by atoms with Gasteiger partial charge in [0, 0.05) is 5.56 Å². The average Bonchev–Trinajstić information content (AvgIpc) is 2.57. The maximum absolute atomic E-state index is 14.1. The molecule has 0 N–H and O–H groups in total. The first kappa shape index (κ1) is 21.5. The molecule has 0 saturated heterocycles. The normalized spacial score (nSPS) is 13.5. The van der Waals surface area contributed by atoms with Gasteiger partial charge < -0.3 is 4.74 Å². The molecular weight excluding hydrogens is 387 g/mol. The molecule has 7 heteroatoms. The summed E-state index contributed by atoms with van der Waals surface area (Å²) in [6.45, 7) is 3.16. The highest BCUT2D eigenvalue weighted by atomic mass is 35.5. The second-order valence-electron chi connectivity index (χ2n) is 7.09. The Kier molecular flexibility index (Phi) is 6.40. The van der Waals surface area contributed by atoms with E-state index in [1.807, 2.05) is 0 Å². The van der Waals surface area contributed by atoms with E-state index in [4.69, 9.17) is 16.3 Å². The van der Waals surface area contributed by atoms with E-state index in [1.165, 1.54) is 43.5 Å². The van der Waals surface area contributed by atoms with Gasteiger partial charge in [0.05, 0.1) is 18.1 Å². The van der Waals surface area contributed by atoms with Crippen LogP contribution < -0.4 is 4.74 Å². The van der Waals surface area contributed by atoms with Crippen LogP contribution in [0.5, 0.6) is 5.75 Å². The molecule has 2 rings (SSSR count). The van der Waals surface area contributed by atoms with Crippen molar-refractivity contribution in [3.05, 3.63) is 64.2 Å². The van der Waals surface area contributed by atoms with Crippen molar-refractivity contribution >= 4 is 11.6 Å². The minimum absolute atomic E-state index is 0.105. The summed E-state index contributed by atoms with van der Waals surface area (Å²) in [6.07, 6.45) is -5.49. The van der Waals surface area contributed by atoms with Crippen LogP contribution in [0.1, 0.15) is 31.4 Å². The molecule has 0 spiro atoms. The highest BCUT2D eigenvalue weighted by Gasteiger charge is 2.43. The largest absolute Gasteiger partial charge is 0.496 e. The monoisotopic (exact) mass is 406 g/mol. The Labute approximate surface area is 160 Å². The molecule has 1 unspecified atom stereocenters. The number of ether oxygens (including phenoxy) is 1. The van der Waals surface area contributed by atoms with Gasteiger partial charge in [-0.15, -0.1) is 0 Å². The van der Waals surface area contributed by atoms with Gasteiger partial charge in [0.2, 0.25) is 0 Å². The third kappa shape index (κ3) is 5.12. The smallest absolute Gasteiger partial charge is 0.392 e. The first-order valence-electron chi connectivity index (χ1n) is 8.29. The van der Waals surface area contributed by atoms with Crippen molar-refractivity contribution in [2.45, 2.75) is 38.3 Å². The van der Waals surface area contributed by atoms with Crippen molar-refractivity contribution in [2.75, 3.05) is 7.11 Å². The van der Waals surface area contributed by atoms with E-state index in [1.54, 1.807) is 13.8 Å². The lowest BCUT2D eigenvalue weighted by molar-refractivity contribution is -0.179. The summed E-state index contributed by atoms with van der Waals surface area (Å²) >= 11 is 5.68. The Balaban J connectivity index is 2.38. The van der Waals surface area contributed by atoms with Gasteiger partial charge in [-0.05, 0) is 48.1 Å². The van der Waals surface area contributed by atoms with Crippen LogP contribution in [0, 0.1) is 17.6 Å². The van der Waals surface area contributed by atoms with Crippen LogP contribution in [0.4, 0.5) is 22.0 Å². The fourth-order valence-electron chi connectivity index (χ4n) is 3.21. The lowest BCUT2D eigenvalue weighted by Crippen LogP contribution is -2.33. The van der Waals surface area contributed by atoms with E-state index in [-0.39, 0.29) is 17.0 Å². The summed E-state index contributed by atoms with van der Waals surface area (Å²) < 4.78 is 74.0. The zero-order valence-corrected chi connectivity index (χ0v) is 15.9. The van der Waals surface area contributed by atoms with Gasteiger partial charge >= 0.3 is 6.18 Å². The van der Waals surface area contributed by atoms with Crippen molar-refractivity contribution in [3.8, 4) is 5.75 Å². The molecule has 0 amide bonds. The van der Waals surface area contributed by atoms with E-state index in [9.17, 15) is 22.0 Å². The molecule has 1 nitrogen and oxygen atoms in total. The van der Waals surface area contributed by atoms with Crippen LogP contribution >= 0.6 is 11.6 Å². The third-order valence-electron chi connectivity index (χ3n) is 4.61. The van der Waals surface area contributed by atoms with Gasteiger partial charge in [0.15, 0.2) is 0 Å². The number of hydrogen-bond acceptors (Lipinski definition) is 1. The number of alkyl halides is 3. The summed E-state index contributed by atoms with van der Waals surface area (Å²) in [6, 6.07) is 7.72. The molecule has 148 valence electrons. The van der Waals surface area contributed by atoms with Crippen LogP contribution in [0.15, 0.2) is 36.4 Å². The highest BCUT2D eigenvalue weighted by molar-refractivity contribution is 6.30. The Morgan fingerprint density at radius 2 is 1.74 bits per heavy atom. The predicted molar refractivity (Wildman–Crippen MR) is 95.3 cm³/mol. The molecule has 1 atom stereocenters. The van der Waals surface area contributed by atoms with Crippen LogP contribution in [0.2, 0.25) is 5.02 Å². The quantitative estimate of drug-likeness (QED) is 0.484. The fourth-order valence-corrected chi connectivity index (χ4v) is 3.40. The first-order valence-corrected chi connectivity index (χ1v) is 8.67. The van der Waals surface area contributed by atoms with Crippen molar-refractivity contribution in [1.29, 1.82) is 0 Å². The van der Waals surface area contributed by atoms with E-state index in [2.05, 4.69) is 0 Å². The molecule has 0 aliphatic rings. The summed E-state index contributed by atoms with van der Waals surface area (Å²) in [5.74, 6) is -2.96. The van der Waals surface area contributed by atoms with Crippen LogP contribution in [-0.4, -0.2) is 13.3 Å². The molecule has 0 heterocycles. The fraction of sp³-hybridized carbons (Fsp3) is 0.400. The Morgan fingerprint density at radius 3 is 2.33 bits per heavy atom. The summed E-state index contributed by atoms with van der Waals surface area (Å²) in [5, 5.41) is -0.223. The van der Waals surface area contributed by atoms with Crippen molar-refractivity contribution in [2.24, 2.45) is 5.92 Å². The number of rotatable bonds is 6. The summed E-state index contributed by atoms with van der Waals surface area (Å²) in [7, 11) is 1.37. The molecular formula is C20H20ClF5O. The zero-order valence-electron chi connectivity index (χ0n) is 15.1. The van der Waals surface area contributed by atoms with E-state index in [0.29, 0.717) is 11.3 Å². The molecule has 0 aliphatic carbocycles. The summed E-state index contributed by atoms with van der Waals surface area (Å²) in [4.78, 5) is 0. The SMILES string of the molecule is COc1ccc(F)cc1C(C)(C)CC(Cc1cccc(Cl)c1F)C(F)(F)F. The van der Waals surface area contributed by atoms with Gasteiger partial charge in [-0.1, -0.05) is 37.6 Å². The van der Waals surface area contributed by atoms with Crippen LogP contribution in [0.25, 0.3) is 0 Å². The standard InChI is InChI=1S/C20H20ClF5O/c1-19(2,15-10-14(22)7-8-17(15)27-3)11-13(20(24,25)26)9-12-5-4-6-16(21)18(12)23/h4-8,10,13H,9,11H2,1-3H3. The molecule has 0 bridgehead atoms. The maximum Gasteiger partial charge on any atom is 0.392 e. The molecule has 0 fully saturated rings. The minimum atomic E-state index is -4.56. The van der Waals surface area contributed by atoms with Crippen molar-refractivity contribution < 1.29 is 26.7 Å². The molecule has 0 aliphatic heterocycles. The topological polar surface area (TPSA) is 9.23 Å². The third-order valence-corrected chi connectivity index (χ3v) is 4.90. The van der Waals surface area contributed by atoms with Crippen LogP contribution in [-0.2, 0) is 11.8 Å². The lowest BCUT2D eigenvalue weighted by Gasteiger charge is -2.32. The molecule has 0 radical (unpaired) electrons. The number of hydrogen-bond donors (Lipinski definition) is 0. The Hall–Kier alpha value is -1.82. The van der Waals surface area contributed by atoms with E-state index < -0.39 is 35.6 Å². The van der Waals surface area contributed by atoms with E-state index in [0.717, 1.165) is 0 Å². The lowest BCUT2D eigenvalue weighted by atomic mass is 9.75. The molecule has 0 saturated carbocycles. The van der Waals surface area contributed by atoms with Gasteiger partial charge in [0.25, 0.3) is 0 Å². The number of halogens is 6. The van der Waals surface area contributed by atoms with Gasteiger partial charge in [0.1, 0.15) is 17.4 Å². The zero-order chi connectivity index (χ0) is 20.4. The molecule has 0 aromatic heterocycles.